The summed E-state index contributed by atoms with van der Waals surface area (Å²) in [6.45, 7) is 5.69. The number of methoxy groups -OCH3 is 1. The van der Waals surface area contributed by atoms with Gasteiger partial charge >= 0.3 is 5.97 Å². The summed E-state index contributed by atoms with van der Waals surface area (Å²) in [4.78, 5) is 11.2. The Morgan fingerprint density at radius 1 is 1.46 bits per heavy atom. The van der Waals surface area contributed by atoms with Crippen LogP contribution in [0.2, 0.25) is 0 Å². The predicted octanol–water partition coefficient (Wildman–Crippen LogP) is 0.154. The molecule has 0 saturated heterocycles. The number of aliphatic hydroxyl groups is 1. The first kappa shape index (κ1) is 12.4. The maximum atomic E-state index is 11.2. The lowest BCUT2D eigenvalue weighted by Crippen LogP contribution is -2.47. The number of esters is 1. The molecule has 4 heteroatoms. The molecule has 0 aromatic carbocycles. The molecule has 0 radical (unpaired) electrons. The second-order valence-corrected chi connectivity index (χ2v) is 3.50. The summed E-state index contributed by atoms with van der Waals surface area (Å²) in [5.74, 6) is -0.128. The monoisotopic (exact) mass is 189 g/mol. The first-order chi connectivity index (χ1) is 6.02. The average Bonchev–Trinajstić information content (AvgIpc) is 2.11. The second kappa shape index (κ2) is 5.94. The molecule has 0 saturated carbocycles. The fourth-order valence-electron chi connectivity index (χ4n) is 1.02. The van der Waals surface area contributed by atoms with Gasteiger partial charge in [-0.2, -0.15) is 0 Å². The highest BCUT2D eigenvalue weighted by atomic mass is 16.5. The largest absolute Gasteiger partial charge is 0.468 e. The number of nitrogens with one attached hydrogen (secondary N) is 1. The van der Waals surface area contributed by atoms with E-state index in [4.69, 9.17) is 5.11 Å². The molecule has 0 rings (SSSR count). The molecule has 0 spiro atoms. The molecular weight excluding hydrogens is 170 g/mol. The minimum atomic E-state index is -0.341. The van der Waals surface area contributed by atoms with Crippen molar-refractivity contribution in [2.75, 3.05) is 13.7 Å². The molecule has 0 aromatic heterocycles. The fraction of sp³-hybridized carbons (Fsp3) is 0.889. The summed E-state index contributed by atoms with van der Waals surface area (Å²) < 4.78 is 4.64. The zero-order valence-corrected chi connectivity index (χ0v) is 8.70. The van der Waals surface area contributed by atoms with Gasteiger partial charge in [0.05, 0.1) is 13.7 Å². The number of carbonyl (C=O) groups is 1. The van der Waals surface area contributed by atoms with Crippen LogP contribution in [0.3, 0.4) is 0 Å². The van der Waals surface area contributed by atoms with Gasteiger partial charge in [0.15, 0.2) is 0 Å². The van der Waals surface area contributed by atoms with Crippen LogP contribution in [-0.2, 0) is 9.53 Å². The molecular formula is C9H19NO3. The summed E-state index contributed by atoms with van der Waals surface area (Å²) in [6.07, 6.45) is 0. The van der Waals surface area contributed by atoms with E-state index >= 15 is 0 Å². The van der Waals surface area contributed by atoms with Crippen molar-refractivity contribution in [1.82, 2.24) is 5.32 Å². The zero-order valence-electron chi connectivity index (χ0n) is 8.70. The van der Waals surface area contributed by atoms with Crippen LogP contribution in [0, 0.1) is 5.92 Å². The number of aliphatic hydroxyl groups excluding tert-OH is 1. The van der Waals surface area contributed by atoms with Crippen LogP contribution >= 0.6 is 0 Å². The fourth-order valence-corrected chi connectivity index (χ4v) is 1.02. The van der Waals surface area contributed by atoms with Crippen molar-refractivity contribution in [1.29, 1.82) is 0 Å². The topological polar surface area (TPSA) is 58.6 Å². The summed E-state index contributed by atoms with van der Waals surface area (Å²) in [5, 5.41) is 11.8. The van der Waals surface area contributed by atoms with E-state index in [0.29, 0.717) is 0 Å². The Labute approximate surface area is 79.3 Å². The molecule has 2 atom stereocenters. The Balaban J connectivity index is 4.18. The lowest BCUT2D eigenvalue weighted by Gasteiger charge is -2.22. The van der Waals surface area contributed by atoms with Crippen molar-refractivity contribution in [3.05, 3.63) is 0 Å². The SMILES string of the molecule is COC(=O)[C@@H](N[C@H](C)CO)C(C)C. The molecule has 78 valence electrons. The van der Waals surface area contributed by atoms with Gasteiger partial charge in [0.25, 0.3) is 0 Å². The Morgan fingerprint density at radius 3 is 2.31 bits per heavy atom. The molecule has 4 nitrogen and oxygen atoms in total. The Kier molecular flexibility index (Phi) is 5.66. The highest BCUT2D eigenvalue weighted by molar-refractivity contribution is 5.75. The minimum Gasteiger partial charge on any atom is -0.468 e. The average molecular weight is 189 g/mol. The Bertz CT molecular complexity index is 159. The van der Waals surface area contributed by atoms with Gasteiger partial charge in [0, 0.05) is 6.04 Å². The van der Waals surface area contributed by atoms with E-state index in [9.17, 15) is 4.79 Å². The Morgan fingerprint density at radius 2 is 2.00 bits per heavy atom. The van der Waals surface area contributed by atoms with Crippen molar-refractivity contribution in [2.45, 2.75) is 32.9 Å². The maximum absolute atomic E-state index is 11.2. The van der Waals surface area contributed by atoms with E-state index < -0.39 is 0 Å². The summed E-state index contributed by atoms with van der Waals surface area (Å²) in [7, 11) is 1.36. The van der Waals surface area contributed by atoms with E-state index in [2.05, 4.69) is 10.1 Å². The smallest absolute Gasteiger partial charge is 0.323 e. The summed E-state index contributed by atoms with van der Waals surface area (Å²) in [6, 6.07) is -0.432. The molecule has 13 heavy (non-hydrogen) atoms. The third-order valence-corrected chi connectivity index (χ3v) is 1.86. The summed E-state index contributed by atoms with van der Waals surface area (Å²) in [5.41, 5.74) is 0. The van der Waals surface area contributed by atoms with E-state index in [0.717, 1.165) is 0 Å². The molecule has 0 amide bonds. The van der Waals surface area contributed by atoms with Gasteiger partial charge in [0.1, 0.15) is 6.04 Å². The van der Waals surface area contributed by atoms with Crippen molar-refractivity contribution >= 4 is 5.97 Å². The number of hydrogen-bond acceptors (Lipinski definition) is 4. The number of carbonyl (C=O) groups excluding carboxylic acids is 1. The normalized spacial score (nSPS) is 15.5. The molecule has 0 aliphatic rings. The second-order valence-electron chi connectivity index (χ2n) is 3.50. The standard InChI is InChI=1S/C9H19NO3/c1-6(2)8(9(12)13-4)10-7(3)5-11/h6-8,10-11H,5H2,1-4H3/t7-,8+/m1/s1. The van der Waals surface area contributed by atoms with Crippen LogP contribution in [-0.4, -0.2) is 36.9 Å². The van der Waals surface area contributed by atoms with Gasteiger partial charge in [-0.25, -0.2) is 0 Å². The molecule has 0 heterocycles. The molecule has 0 aliphatic heterocycles. The minimum absolute atomic E-state index is 0.0141. The molecule has 0 unspecified atom stereocenters. The number of hydrogen-bond donors (Lipinski definition) is 2. The van der Waals surface area contributed by atoms with Crippen LogP contribution in [0.1, 0.15) is 20.8 Å². The van der Waals surface area contributed by atoms with Crippen LogP contribution in [0.15, 0.2) is 0 Å². The van der Waals surface area contributed by atoms with E-state index in [1.807, 2.05) is 20.8 Å². The molecule has 0 aliphatic carbocycles. The lowest BCUT2D eigenvalue weighted by atomic mass is 10.0. The van der Waals surface area contributed by atoms with Gasteiger partial charge in [-0.3, -0.25) is 10.1 Å². The number of ether oxygens (including phenoxy) is 1. The maximum Gasteiger partial charge on any atom is 0.323 e. The van der Waals surface area contributed by atoms with Crippen molar-refractivity contribution in [3.8, 4) is 0 Å². The Hall–Kier alpha value is -0.610. The third kappa shape index (κ3) is 4.24. The van der Waals surface area contributed by atoms with E-state index in [1.165, 1.54) is 7.11 Å². The first-order valence-corrected chi connectivity index (χ1v) is 4.47. The van der Waals surface area contributed by atoms with Gasteiger partial charge in [0.2, 0.25) is 0 Å². The lowest BCUT2D eigenvalue weighted by molar-refractivity contribution is -0.144. The first-order valence-electron chi connectivity index (χ1n) is 4.47. The van der Waals surface area contributed by atoms with Gasteiger partial charge < -0.3 is 9.84 Å². The molecule has 2 N–H and O–H groups in total. The predicted molar refractivity (Wildman–Crippen MR) is 50.3 cm³/mol. The summed E-state index contributed by atoms with van der Waals surface area (Å²) >= 11 is 0. The quantitative estimate of drug-likeness (QED) is 0.605. The zero-order chi connectivity index (χ0) is 10.4. The third-order valence-electron chi connectivity index (χ3n) is 1.86. The van der Waals surface area contributed by atoms with Gasteiger partial charge in [-0.15, -0.1) is 0 Å². The van der Waals surface area contributed by atoms with Crippen LogP contribution in [0.5, 0.6) is 0 Å². The molecule has 0 aromatic rings. The van der Waals surface area contributed by atoms with Crippen molar-refractivity contribution in [2.24, 2.45) is 5.92 Å². The van der Waals surface area contributed by atoms with Crippen LogP contribution in [0.25, 0.3) is 0 Å². The van der Waals surface area contributed by atoms with Crippen LogP contribution in [0.4, 0.5) is 0 Å². The highest BCUT2D eigenvalue weighted by Gasteiger charge is 2.23. The molecule has 0 bridgehead atoms. The number of rotatable bonds is 5. The van der Waals surface area contributed by atoms with Crippen molar-refractivity contribution < 1.29 is 14.6 Å². The van der Waals surface area contributed by atoms with E-state index in [1.54, 1.807) is 0 Å². The molecule has 0 fully saturated rings. The van der Waals surface area contributed by atoms with Crippen LogP contribution < -0.4 is 5.32 Å². The van der Waals surface area contributed by atoms with Gasteiger partial charge in [-0.05, 0) is 12.8 Å². The highest BCUT2D eigenvalue weighted by Crippen LogP contribution is 2.04. The van der Waals surface area contributed by atoms with Gasteiger partial charge in [-0.1, -0.05) is 13.8 Å². The van der Waals surface area contributed by atoms with Crippen molar-refractivity contribution in [3.63, 3.8) is 0 Å². The van der Waals surface area contributed by atoms with E-state index in [-0.39, 0.29) is 30.6 Å².